The number of thiazole rings is 1. The summed E-state index contributed by atoms with van der Waals surface area (Å²) in [5, 5.41) is 4.13. The Bertz CT molecular complexity index is 879. The standard InChI is InChI=1S/C17H12ClIN2OS/c1-10-15(11-5-4-6-12(18)9-11)20-17(23-10)21-16(22)13-7-2-3-8-14(13)19/h2-9H,1H3,(H,20,21,22). The van der Waals surface area contributed by atoms with Gasteiger partial charge in [0.15, 0.2) is 5.13 Å². The van der Waals surface area contributed by atoms with Crippen molar-refractivity contribution in [3.05, 3.63) is 67.6 Å². The molecule has 116 valence electrons. The Balaban J connectivity index is 1.87. The molecule has 0 atom stereocenters. The molecule has 0 spiro atoms. The van der Waals surface area contributed by atoms with Gasteiger partial charge >= 0.3 is 0 Å². The molecule has 0 fully saturated rings. The summed E-state index contributed by atoms with van der Waals surface area (Å²) in [4.78, 5) is 18.0. The first-order valence-electron chi connectivity index (χ1n) is 6.84. The fraction of sp³-hybridized carbons (Fsp3) is 0.0588. The molecular weight excluding hydrogens is 443 g/mol. The molecule has 0 aliphatic rings. The molecule has 6 heteroatoms. The van der Waals surface area contributed by atoms with Crippen molar-refractivity contribution in [1.29, 1.82) is 0 Å². The van der Waals surface area contributed by atoms with Crippen LogP contribution in [0.5, 0.6) is 0 Å². The van der Waals surface area contributed by atoms with Crippen LogP contribution < -0.4 is 5.32 Å². The highest BCUT2D eigenvalue weighted by atomic mass is 127. The molecule has 0 bridgehead atoms. The van der Waals surface area contributed by atoms with Crippen molar-refractivity contribution < 1.29 is 4.79 Å². The smallest absolute Gasteiger partial charge is 0.258 e. The number of nitrogens with zero attached hydrogens (tertiary/aromatic N) is 1. The molecule has 0 aliphatic carbocycles. The Morgan fingerprint density at radius 3 is 2.74 bits per heavy atom. The number of benzene rings is 2. The zero-order valence-electron chi connectivity index (χ0n) is 12.1. The van der Waals surface area contributed by atoms with E-state index in [9.17, 15) is 4.79 Å². The number of amides is 1. The monoisotopic (exact) mass is 454 g/mol. The predicted octanol–water partition coefficient (Wildman–Crippen LogP) is 5.63. The van der Waals surface area contributed by atoms with E-state index in [-0.39, 0.29) is 5.91 Å². The lowest BCUT2D eigenvalue weighted by atomic mass is 10.1. The summed E-state index contributed by atoms with van der Waals surface area (Å²) >= 11 is 9.65. The van der Waals surface area contributed by atoms with Crippen LogP contribution in [0.4, 0.5) is 5.13 Å². The van der Waals surface area contributed by atoms with Crippen LogP contribution in [0.25, 0.3) is 11.3 Å². The molecule has 1 aromatic heterocycles. The Kier molecular flexibility index (Phi) is 4.99. The highest BCUT2D eigenvalue weighted by molar-refractivity contribution is 14.1. The maximum absolute atomic E-state index is 12.4. The zero-order chi connectivity index (χ0) is 16.4. The van der Waals surface area contributed by atoms with Crippen molar-refractivity contribution in [3.8, 4) is 11.3 Å². The Morgan fingerprint density at radius 1 is 1.22 bits per heavy atom. The fourth-order valence-electron chi connectivity index (χ4n) is 2.16. The molecule has 3 nitrogen and oxygen atoms in total. The molecule has 3 rings (SSSR count). The van der Waals surface area contributed by atoms with E-state index in [4.69, 9.17) is 11.6 Å². The van der Waals surface area contributed by atoms with E-state index < -0.39 is 0 Å². The van der Waals surface area contributed by atoms with Gasteiger partial charge < -0.3 is 0 Å². The minimum absolute atomic E-state index is 0.151. The minimum Gasteiger partial charge on any atom is -0.298 e. The van der Waals surface area contributed by atoms with Crippen LogP contribution in [0.1, 0.15) is 15.2 Å². The number of nitrogens with one attached hydrogen (secondary N) is 1. The number of carbonyl (C=O) groups is 1. The Labute approximate surface area is 156 Å². The lowest BCUT2D eigenvalue weighted by Crippen LogP contribution is -2.13. The quantitative estimate of drug-likeness (QED) is 0.521. The number of anilines is 1. The van der Waals surface area contributed by atoms with Gasteiger partial charge in [0.2, 0.25) is 0 Å². The summed E-state index contributed by atoms with van der Waals surface area (Å²) in [6.45, 7) is 1.98. The molecule has 0 radical (unpaired) electrons. The molecule has 0 aliphatic heterocycles. The second kappa shape index (κ2) is 6.98. The second-order valence-corrected chi connectivity index (χ2v) is 7.67. The van der Waals surface area contributed by atoms with Gasteiger partial charge in [0.1, 0.15) is 0 Å². The normalized spacial score (nSPS) is 10.6. The van der Waals surface area contributed by atoms with Crippen LogP contribution in [-0.4, -0.2) is 10.9 Å². The van der Waals surface area contributed by atoms with E-state index in [1.807, 2.05) is 49.4 Å². The van der Waals surface area contributed by atoms with Gasteiger partial charge in [-0.1, -0.05) is 35.9 Å². The third-order valence-corrected chi connectivity index (χ3v) is 5.30. The summed E-state index contributed by atoms with van der Waals surface area (Å²) in [6.07, 6.45) is 0. The average Bonchev–Trinajstić information content (AvgIpc) is 2.88. The topological polar surface area (TPSA) is 42.0 Å². The lowest BCUT2D eigenvalue weighted by Gasteiger charge is -2.03. The average molecular weight is 455 g/mol. The van der Waals surface area contributed by atoms with Crippen molar-refractivity contribution in [1.82, 2.24) is 4.98 Å². The summed E-state index contributed by atoms with van der Waals surface area (Å²) in [6, 6.07) is 15.0. The number of hydrogen-bond acceptors (Lipinski definition) is 3. The summed E-state index contributed by atoms with van der Waals surface area (Å²) in [7, 11) is 0. The summed E-state index contributed by atoms with van der Waals surface area (Å²) in [5.41, 5.74) is 2.43. The van der Waals surface area contributed by atoms with Crippen molar-refractivity contribution >= 4 is 56.6 Å². The first-order valence-corrected chi connectivity index (χ1v) is 9.11. The zero-order valence-corrected chi connectivity index (χ0v) is 15.9. The van der Waals surface area contributed by atoms with Crippen LogP contribution in [0, 0.1) is 10.5 Å². The van der Waals surface area contributed by atoms with Gasteiger partial charge in [-0.2, -0.15) is 0 Å². The van der Waals surface area contributed by atoms with E-state index in [2.05, 4.69) is 32.9 Å². The predicted molar refractivity (Wildman–Crippen MR) is 104 cm³/mol. The minimum atomic E-state index is -0.151. The second-order valence-electron chi connectivity index (χ2n) is 4.87. The van der Waals surface area contributed by atoms with E-state index in [0.717, 1.165) is 19.7 Å². The van der Waals surface area contributed by atoms with Crippen LogP contribution in [0.3, 0.4) is 0 Å². The van der Waals surface area contributed by atoms with Gasteiger partial charge in [0, 0.05) is 19.0 Å². The highest BCUT2D eigenvalue weighted by Gasteiger charge is 2.14. The van der Waals surface area contributed by atoms with Crippen molar-refractivity contribution in [3.63, 3.8) is 0 Å². The van der Waals surface area contributed by atoms with E-state index in [1.54, 1.807) is 6.07 Å². The van der Waals surface area contributed by atoms with Gasteiger partial charge in [-0.3, -0.25) is 10.1 Å². The molecule has 1 N–H and O–H groups in total. The Hall–Kier alpha value is -1.44. The largest absolute Gasteiger partial charge is 0.298 e. The summed E-state index contributed by atoms with van der Waals surface area (Å²) in [5.74, 6) is -0.151. The molecule has 0 unspecified atom stereocenters. The number of rotatable bonds is 3. The van der Waals surface area contributed by atoms with E-state index in [1.165, 1.54) is 11.3 Å². The maximum atomic E-state index is 12.4. The van der Waals surface area contributed by atoms with Gasteiger partial charge in [-0.25, -0.2) is 4.98 Å². The van der Waals surface area contributed by atoms with Crippen molar-refractivity contribution in [2.24, 2.45) is 0 Å². The molecular formula is C17H12ClIN2OS. The van der Waals surface area contributed by atoms with Crippen LogP contribution in [-0.2, 0) is 0 Å². The summed E-state index contributed by atoms with van der Waals surface area (Å²) < 4.78 is 0.908. The van der Waals surface area contributed by atoms with Gasteiger partial charge in [-0.15, -0.1) is 11.3 Å². The van der Waals surface area contributed by atoms with Crippen LogP contribution >= 0.6 is 45.5 Å². The van der Waals surface area contributed by atoms with Crippen molar-refractivity contribution in [2.45, 2.75) is 6.92 Å². The molecule has 1 amide bonds. The number of halogens is 2. The number of aryl methyl sites for hydroxylation is 1. The number of aromatic nitrogens is 1. The number of carbonyl (C=O) groups excluding carboxylic acids is 1. The first-order chi connectivity index (χ1) is 11.0. The lowest BCUT2D eigenvalue weighted by molar-refractivity contribution is 0.102. The van der Waals surface area contributed by atoms with Crippen molar-refractivity contribution in [2.75, 3.05) is 5.32 Å². The van der Waals surface area contributed by atoms with Crippen LogP contribution in [0.15, 0.2) is 48.5 Å². The third kappa shape index (κ3) is 3.73. The van der Waals surface area contributed by atoms with Gasteiger partial charge in [-0.05, 0) is 53.8 Å². The third-order valence-electron chi connectivity index (χ3n) is 3.23. The van der Waals surface area contributed by atoms with Gasteiger partial charge in [0.25, 0.3) is 5.91 Å². The SMILES string of the molecule is Cc1sc(NC(=O)c2ccccc2I)nc1-c1cccc(Cl)c1. The molecule has 0 saturated heterocycles. The maximum Gasteiger partial charge on any atom is 0.258 e. The number of hydrogen-bond donors (Lipinski definition) is 1. The molecule has 23 heavy (non-hydrogen) atoms. The molecule has 2 aromatic carbocycles. The fourth-order valence-corrected chi connectivity index (χ4v) is 3.82. The molecule has 1 heterocycles. The highest BCUT2D eigenvalue weighted by Crippen LogP contribution is 2.31. The molecule has 0 saturated carbocycles. The van der Waals surface area contributed by atoms with Crippen LogP contribution in [0.2, 0.25) is 5.02 Å². The van der Waals surface area contributed by atoms with Gasteiger partial charge in [0.05, 0.1) is 11.3 Å². The van der Waals surface area contributed by atoms with E-state index >= 15 is 0 Å². The molecule has 3 aromatic rings. The van der Waals surface area contributed by atoms with E-state index in [0.29, 0.717) is 15.7 Å². The Morgan fingerprint density at radius 2 is 2.00 bits per heavy atom. The first kappa shape index (κ1) is 16.4.